The third-order valence-electron chi connectivity index (χ3n) is 7.84. The number of ether oxygens (including phenoxy) is 2. The summed E-state index contributed by atoms with van der Waals surface area (Å²) in [7, 11) is 0. The maximum atomic E-state index is 12.5. The molecule has 7 heteroatoms. The van der Waals surface area contributed by atoms with Crippen molar-refractivity contribution in [2.24, 2.45) is 5.92 Å². The van der Waals surface area contributed by atoms with Gasteiger partial charge in [0.05, 0.1) is 24.9 Å². The highest BCUT2D eigenvalue weighted by Gasteiger charge is 2.30. The van der Waals surface area contributed by atoms with Crippen LogP contribution in [-0.4, -0.2) is 36.4 Å². The highest BCUT2D eigenvalue weighted by Crippen LogP contribution is 2.34. The fraction of sp³-hybridized carbons (Fsp3) is 0.424. The fourth-order valence-electron chi connectivity index (χ4n) is 5.73. The van der Waals surface area contributed by atoms with Gasteiger partial charge in [0.1, 0.15) is 5.75 Å². The monoisotopic (exact) mass is 562 g/mol. The molecule has 0 aromatic heterocycles. The van der Waals surface area contributed by atoms with Crippen LogP contribution >= 0.6 is 11.6 Å². The number of halogens is 1. The number of hydrogen-bond donors (Lipinski definition) is 3. The van der Waals surface area contributed by atoms with Crippen molar-refractivity contribution in [3.63, 3.8) is 0 Å². The van der Waals surface area contributed by atoms with E-state index in [1.165, 1.54) is 0 Å². The summed E-state index contributed by atoms with van der Waals surface area (Å²) in [6, 6.07) is 21.9. The number of aliphatic hydroxyl groups excluding tert-OH is 1. The predicted molar refractivity (Wildman–Crippen MR) is 160 cm³/mol. The number of amides is 1. The molecule has 3 aromatic carbocycles. The summed E-state index contributed by atoms with van der Waals surface area (Å²) in [5.74, 6) is 1.09. The molecule has 2 aliphatic rings. The molecule has 0 spiro atoms. The van der Waals surface area contributed by atoms with Gasteiger partial charge in [0.25, 0.3) is 0 Å². The zero-order valence-electron chi connectivity index (χ0n) is 23.1. The van der Waals surface area contributed by atoms with E-state index < -0.39 is 6.10 Å². The Kier molecular flexibility index (Phi) is 9.63. The van der Waals surface area contributed by atoms with Crippen molar-refractivity contribution in [2.75, 3.05) is 23.8 Å². The Balaban J connectivity index is 1.20. The molecule has 1 saturated heterocycles. The Labute approximate surface area is 242 Å². The molecule has 3 N–H and O–H groups in total. The predicted octanol–water partition coefficient (Wildman–Crippen LogP) is 7.15. The molecule has 3 aromatic rings. The lowest BCUT2D eigenvalue weighted by atomic mass is 9.93. The third kappa shape index (κ3) is 7.57. The summed E-state index contributed by atoms with van der Waals surface area (Å²) in [4.78, 5) is 12.5. The van der Waals surface area contributed by atoms with E-state index in [1.807, 2.05) is 55.5 Å². The van der Waals surface area contributed by atoms with Gasteiger partial charge in [-0.3, -0.25) is 4.79 Å². The van der Waals surface area contributed by atoms with Crippen molar-refractivity contribution in [2.45, 2.75) is 70.2 Å². The highest BCUT2D eigenvalue weighted by molar-refractivity contribution is 6.31. The van der Waals surface area contributed by atoms with Crippen LogP contribution in [0.15, 0.2) is 66.7 Å². The largest absolute Gasteiger partial charge is 0.494 e. The quantitative estimate of drug-likeness (QED) is 0.244. The van der Waals surface area contributed by atoms with E-state index in [0.717, 1.165) is 59.5 Å². The van der Waals surface area contributed by atoms with Crippen LogP contribution < -0.4 is 15.4 Å². The van der Waals surface area contributed by atoms with Gasteiger partial charge < -0.3 is 25.2 Å². The van der Waals surface area contributed by atoms with Gasteiger partial charge in [-0.05, 0) is 79.3 Å². The minimum atomic E-state index is -0.451. The molecule has 1 aliphatic carbocycles. The molecule has 0 radical (unpaired) electrons. The lowest BCUT2D eigenvalue weighted by molar-refractivity contribution is -0.119. The normalized spacial score (nSPS) is 21.2. The fourth-order valence-corrected chi connectivity index (χ4v) is 5.91. The lowest BCUT2D eigenvalue weighted by Crippen LogP contribution is -2.35. The molecular formula is C33H39ClN2O4. The third-order valence-corrected chi connectivity index (χ3v) is 8.21. The summed E-state index contributed by atoms with van der Waals surface area (Å²) in [5.41, 5.74) is 4.90. The van der Waals surface area contributed by atoms with Crippen LogP contribution in [0.3, 0.4) is 0 Å². The van der Waals surface area contributed by atoms with Gasteiger partial charge in [-0.25, -0.2) is 0 Å². The van der Waals surface area contributed by atoms with Gasteiger partial charge >= 0.3 is 0 Å². The topological polar surface area (TPSA) is 79.8 Å². The number of rotatable bonds is 10. The molecule has 3 atom stereocenters. The minimum Gasteiger partial charge on any atom is -0.494 e. The van der Waals surface area contributed by atoms with Crippen molar-refractivity contribution in [1.29, 1.82) is 0 Å². The first kappa shape index (κ1) is 28.5. The maximum Gasteiger partial charge on any atom is 0.227 e. The molecule has 1 aliphatic heterocycles. The van der Waals surface area contributed by atoms with Crippen LogP contribution in [-0.2, 0) is 16.0 Å². The van der Waals surface area contributed by atoms with E-state index in [0.29, 0.717) is 37.4 Å². The lowest BCUT2D eigenvalue weighted by Gasteiger charge is -2.34. The molecule has 6 nitrogen and oxygen atoms in total. The second-order valence-corrected chi connectivity index (χ2v) is 11.3. The van der Waals surface area contributed by atoms with Gasteiger partial charge in [-0.2, -0.15) is 0 Å². The maximum absolute atomic E-state index is 12.5. The number of anilines is 2. The van der Waals surface area contributed by atoms with E-state index in [-0.39, 0.29) is 24.0 Å². The van der Waals surface area contributed by atoms with Gasteiger partial charge in [-0.1, -0.05) is 54.8 Å². The van der Waals surface area contributed by atoms with Crippen molar-refractivity contribution >= 4 is 28.9 Å². The van der Waals surface area contributed by atoms with Crippen LogP contribution in [0.4, 0.5) is 11.4 Å². The molecule has 212 valence electrons. The van der Waals surface area contributed by atoms with Gasteiger partial charge in [0, 0.05) is 41.7 Å². The van der Waals surface area contributed by atoms with E-state index in [9.17, 15) is 9.90 Å². The molecule has 1 saturated carbocycles. The van der Waals surface area contributed by atoms with Crippen LogP contribution in [0.5, 0.6) is 5.75 Å². The van der Waals surface area contributed by atoms with Crippen LogP contribution in [0, 0.1) is 5.92 Å². The Morgan fingerprint density at radius 2 is 1.80 bits per heavy atom. The van der Waals surface area contributed by atoms with Crippen molar-refractivity contribution in [3.05, 3.63) is 88.4 Å². The number of nitrogens with one attached hydrogen (secondary N) is 2. The molecule has 2 fully saturated rings. The first-order chi connectivity index (χ1) is 19.5. The molecule has 5 rings (SSSR count). The van der Waals surface area contributed by atoms with E-state index >= 15 is 0 Å². The Morgan fingerprint density at radius 1 is 1.02 bits per heavy atom. The smallest absolute Gasteiger partial charge is 0.227 e. The van der Waals surface area contributed by atoms with Gasteiger partial charge in [0.2, 0.25) is 5.91 Å². The standard InChI is InChI=1S/C33H39ClN2O4/c1-2-39-29-13-10-22(11-14-29)16-25-17-24(12-15-31(25)34)32-20-28(37)19-30(40-32)21-35-26-8-5-9-27(18-26)36-33(38)23-6-3-4-7-23/h5,8-15,17-18,23,28,30,32,35,37H,2-4,6-7,16,19-21H2,1H3,(H,36,38). The average Bonchev–Trinajstić information content (AvgIpc) is 3.50. The number of carbonyl (C=O) groups excluding carboxylic acids is 1. The Bertz CT molecular complexity index is 1280. The number of hydrogen-bond acceptors (Lipinski definition) is 5. The van der Waals surface area contributed by atoms with E-state index in [1.54, 1.807) is 0 Å². The number of carbonyl (C=O) groups is 1. The summed E-state index contributed by atoms with van der Waals surface area (Å²) in [6.07, 6.45) is 5.20. The molecule has 1 amide bonds. The van der Waals surface area contributed by atoms with Gasteiger partial charge in [0.15, 0.2) is 0 Å². The first-order valence-corrected chi connectivity index (χ1v) is 14.8. The van der Waals surface area contributed by atoms with Crippen molar-refractivity contribution in [3.8, 4) is 5.75 Å². The Morgan fingerprint density at radius 3 is 2.58 bits per heavy atom. The molecule has 1 heterocycles. The molecule has 0 bridgehead atoms. The zero-order chi connectivity index (χ0) is 27.9. The van der Waals surface area contributed by atoms with Crippen molar-refractivity contribution < 1.29 is 19.4 Å². The zero-order valence-corrected chi connectivity index (χ0v) is 23.8. The van der Waals surface area contributed by atoms with Crippen LogP contribution in [0.25, 0.3) is 0 Å². The summed E-state index contributed by atoms with van der Waals surface area (Å²) < 4.78 is 12.0. The van der Waals surface area contributed by atoms with Crippen LogP contribution in [0.1, 0.15) is 68.2 Å². The van der Waals surface area contributed by atoms with Gasteiger partial charge in [-0.15, -0.1) is 0 Å². The molecular weight excluding hydrogens is 524 g/mol. The average molecular weight is 563 g/mol. The second-order valence-electron chi connectivity index (χ2n) is 10.9. The van der Waals surface area contributed by atoms with E-state index in [4.69, 9.17) is 21.1 Å². The van der Waals surface area contributed by atoms with Crippen molar-refractivity contribution in [1.82, 2.24) is 0 Å². The first-order valence-electron chi connectivity index (χ1n) is 14.4. The Hall–Kier alpha value is -3.06. The van der Waals surface area contributed by atoms with Crippen LogP contribution in [0.2, 0.25) is 5.02 Å². The summed E-state index contributed by atoms with van der Waals surface area (Å²) in [5, 5.41) is 17.9. The SMILES string of the molecule is CCOc1ccc(Cc2cc(C3CC(O)CC(CNc4cccc(NC(=O)C5CCCC5)c4)O3)ccc2Cl)cc1. The number of benzene rings is 3. The summed E-state index contributed by atoms with van der Waals surface area (Å²) in [6.45, 7) is 3.17. The minimum absolute atomic E-state index is 0.112. The summed E-state index contributed by atoms with van der Waals surface area (Å²) >= 11 is 6.57. The highest BCUT2D eigenvalue weighted by atomic mass is 35.5. The number of aliphatic hydroxyl groups is 1. The van der Waals surface area contributed by atoms with E-state index in [2.05, 4.69) is 28.8 Å². The molecule has 3 unspecified atom stereocenters. The molecule has 40 heavy (non-hydrogen) atoms. The second kappa shape index (κ2) is 13.5.